The molecule has 0 spiro atoms. The van der Waals surface area contributed by atoms with Crippen LogP contribution in [0.15, 0.2) is 0 Å². The molecule has 2 rings (SSSR count). The van der Waals surface area contributed by atoms with E-state index in [1.807, 2.05) is 0 Å². The van der Waals surface area contributed by atoms with Gasteiger partial charge in [0.05, 0.1) is 0 Å². The van der Waals surface area contributed by atoms with Gasteiger partial charge >= 0.3 is 0 Å². The summed E-state index contributed by atoms with van der Waals surface area (Å²) < 4.78 is 0. The summed E-state index contributed by atoms with van der Waals surface area (Å²) in [5, 5.41) is 11.2. The Bertz CT molecular complexity index is 337. The first-order valence-electron chi connectivity index (χ1n) is 6.88. The first-order chi connectivity index (χ1) is 8.36. The van der Waals surface area contributed by atoms with Gasteiger partial charge in [-0.05, 0) is 25.8 Å². The zero-order chi connectivity index (χ0) is 12.1. The second kappa shape index (κ2) is 6.05. The molecule has 4 nitrogen and oxygen atoms in total. The lowest BCUT2D eigenvalue weighted by Gasteiger charge is -2.20. The summed E-state index contributed by atoms with van der Waals surface area (Å²) in [7, 11) is 0. The lowest BCUT2D eigenvalue weighted by Crippen LogP contribution is -2.28. The molecular weight excluding hydrogens is 212 g/mol. The molecule has 1 saturated heterocycles. The van der Waals surface area contributed by atoms with Gasteiger partial charge in [-0.1, -0.05) is 20.3 Å². The van der Waals surface area contributed by atoms with Crippen molar-refractivity contribution in [1.82, 2.24) is 15.5 Å². The monoisotopic (exact) mass is 236 g/mol. The van der Waals surface area contributed by atoms with Crippen LogP contribution in [0.4, 0.5) is 5.82 Å². The number of hydrogen-bond acceptors (Lipinski definition) is 3. The average Bonchev–Trinajstić information content (AvgIpc) is 2.57. The van der Waals surface area contributed by atoms with Crippen LogP contribution in [0.2, 0.25) is 0 Å². The fraction of sp³-hybridized carbons (Fsp3) is 0.769. The van der Waals surface area contributed by atoms with Gasteiger partial charge in [0.25, 0.3) is 0 Å². The van der Waals surface area contributed by atoms with Crippen molar-refractivity contribution >= 4 is 5.82 Å². The SMILES string of the molecule is CCCc1[nH]nc(N2CCCNCC2)c1CC. The van der Waals surface area contributed by atoms with Gasteiger partial charge < -0.3 is 10.2 Å². The van der Waals surface area contributed by atoms with Crippen molar-refractivity contribution in [2.45, 2.75) is 39.5 Å². The second-order valence-electron chi connectivity index (χ2n) is 4.70. The normalized spacial score (nSPS) is 17.2. The molecular formula is C13H24N4. The van der Waals surface area contributed by atoms with Gasteiger partial charge in [0.15, 0.2) is 5.82 Å². The lowest BCUT2D eigenvalue weighted by atomic mass is 10.1. The molecule has 0 saturated carbocycles. The summed E-state index contributed by atoms with van der Waals surface area (Å²) in [5.41, 5.74) is 2.76. The largest absolute Gasteiger partial charge is 0.354 e. The first-order valence-corrected chi connectivity index (χ1v) is 6.88. The molecule has 0 bridgehead atoms. The van der Waals surface area contributed by atoms with Crippen LogP contribution in [-0.2, 0) is 12.8 Å². The van der Waals surface area contributed by atoms with E-state index in [0.29, 0.717) is 0 Å². The third-order valence-electron chi connectivity index (χ3n) is 3.42. The summed E-state index contributed by atoms with van der Waals surface area (Å²) in [6.07, 6.45) is 4.57. The molecule has 0 unspecified atom stereocenters. The maximum Gasteiger partial charge on any atom is 0.153 e. The Morgan fingerprint density at radius 2 is 2.12 bits per heavy atom. The molecule has 2 heterocycles. The van der Waals surface area contributed by atoms with Crippen LogP contribution in [0.5, 0.6) is 0 Å². The highest BCUT2D eigenvalue weighted by atomic mass is 15.3. The van der Waals surface area contributed by atoms with Gasteiger partial charge in [-0.3, -0.25) is 5.10 Å². The third kappa shape index (κ3) is 2.80. The van der Waals surface area contributed by atoms with Gasteiger partial charge in [0, 0.05) is 30.9 Å². The number of rotatable bonds is 4. The Morgan fingerprint density at radius 3 is 2.88 bits per heavy atom. The van der Waals surface area contributed by atoms with E-state index in [4.69, 9.17) is 0 Å². The van der Waals surface area contributed by atoms with Crippen molar-refractivity contribution in [1.29, 1.82) is 0 Å². The van der Waals surface area contributed by atoms with E-state index in [1.54, 1.807) is 0 Å². The number of anilines is 1. The van der Waals surface area contributed by atoms with Crippen LogP contribution in [0.3, 0.4) is 0 Å². The minimum Gasteiger partial charge on any atom is -0.354 e. The molecule has 17 heavy (non-hydrogen) atoms. The summed E-state index contributed by atoms with van der Waals surface area (Å²) in [6, 6.07) is 0. The highest BCUT2D eigenvalue weighted by Gasteiger charge is 2.18. The Hall–Kier alpha value is -1.03. The minimum absolute atomic E-state index is 1.07. The van der Waals surface area contributed by atoms with Crippen LogP contribution < -0.4 is 10.2 Å². The fourth-order valence-corrected chi connectivity index (χ4v) is 2.54. The van der Waals surface area contributed by atoms with Gasteiger partial charge in [0.2, 0.25) is 0 Å². The van der Waals surface area contributed by atoms with E-state index >= 15 is 0 Å². The van der Waals surface area contributed by atoms with E-state index in [2.05, 4.69) is 34.3 Å². The molecule has 0 radical (unpaired) electrons. The molecule has 4 heteroatoms. The first kappa shape index (κ1) is 12.4. The van der Waals surface area contributed by atoms with Crippen LogP contribution in [0.25, 0.3) is 0 Å². The molecule has 1 aromatic heterocycles. The molecule has 2 N–H and O–H groups in total. The smallest absolute Gasteiger partial charge is 0.153 e. The van der Waals surface area contributed by atoms with Crippen LogP contribution in [0.1, 0.15) is 37.9 Å². The molecule has 0 aliphatic carbocycles. The Labute approximate surface area is 104 Å². The zero-order valence-corrected chi connectivity index (χ0v) is 11.1. The predicted octanol–water partition coefficient (Wildman–Crippen LogP) is 1.72. The van der Waals surface area contributed by atoms with Crippen molar-refractivity contribution in [3.63, 3.8) is 0 Å². The predicted molar refractivity (Wildman–Crippen MR) is 71.7 cm³/mol. The van der Waals surface area contributed by atoms with Crippen LogP contribution in [-0.4, -0.2) is 36.4 Å². The number of aromatic amines is 1. The zero-order valence-electron chi connectivity index (χ0n) is 11.1. The van der Waals surface area contributed by atoms with Crippen LogP contribution >= 0.6 is 0 Å². The van der Waals surface area contributed by atoms with Crippen molar-refractivity contribution in [3.05, 3.63) is 11.3 Å². The number of hydrogen-bond donors (Lipinski definition) is 2. The molecule has 1 fully saturated rings. The Kier molecular flexibility index (Phi) is 4.42. The number of aromatic nitrogens is 2. The quantitative estimate of drug-likeness (QED) is 0.836. The van der Waals surface area contributed by atoms with Crippen molar-refractivity contribution in [2.24, 2.45) is 0 Å². The second-order valence-corrected chi connectivity index (χ2v) is 4.70. The van der Waals surface area contributed by atoms with Crippen LogP contribution in [0, 0.1) is 0 Å². The number of nitrogens with one attached hydrogen (secondary N) is 2. The van der Waals surface area contributed by atoms with E-state index < -0.39 is 0 Å². The summed E-state index contributed by atoms with van der Waals surface area (Å²) in [6.45, 7) is 8.84. The average molecular weight is 236 g/mol. The van der Waals surface area contributed by atoms with Crippen molar-refractivity contribution in [3.8, 4) is 0 Å². The number of aryl methyl sites for hydroxylation is 1. The molecule has 0 atom stereocenters. The topological polar surface area (TPSA) is 44.0 Å². The van der Waals surface area contributed by atoms with E-state index in [0.717, 1.165) is 39.0 Å². The lowest BCUT2D eigenvalue weighted by molar-refractivity contribution is 0.724. The minimum atomic E-state index is 1.07. The Balaban J connectivity index is 2.18. The van der Waals surface area contributed by atoms with Gasteiger partial charge in [-0.15, -0.1) is 0 Å². The molecule has 0 aromatic carbocycles. The maximum atomic E-state index is 4.54. The highest BCUT2D eigenvalue weighted by molar-refractivity contribution is 5.49. The summed E-state index contributed by atoms with van der Waals surface area (Å²) in [5.74, 6) is 1.19. The molecule has 1 aliphatic heterocycles. The Morgan fingerprint density at radius 1 is 1.24 bits per heavy atom. The van der Waals surface area contributed by atoms with Gasteiger partial charge in [-0.2, -0.15) is 5.10 Å². The summed E-state index contributed by atoms with van der Waals surface area (Å²) >= 11 is 0. The molecule has 0 amide bonds. The number of H-pyrrole nitrogens is 1. The van der Waals surface area contributed by atoms with E-state index in [1.165, 1.54) is 29.9 Å². The maximum absolute atomic E-state index is 4.54. The number of nitrogens with zero attached hydrogens (tertiary/aromatic N) is 2. The van der Waals surface area contributed by atoms with E-state index in [9.17, 15) is 0 Å². The van der Waals surface area contributed by atoms with Crippen molar-refractivity contribution in [2.75, 3.05) is 31.1 Å². The highest BCUT2D eigenvalue weighted by Crippen LogP contribution is 2.23. The molecule has 96 valence electrons. The molecule has 1 aromatic rings. The summed E-state index contributed by atoms with van der Waals surface area (Å²) in [4.78, 5) is 2.43. The standard InChI is InChI=1S/C13H24N4/c1-3-6-12-11(4-2)13(16-15-12)17-9-5-7-14-8-10-17/h14H,3-10H2,1-2H3,(H,15,16). The van der Waals surface area contributed by atoms with Crippen molar-refractivity contribution < 1.29 is 0 Å². The molecule has 1 aliphatic rings. The van der Waals surface area contributed by atoms with Gasteiger partial charge in [0.1, 0.15) is 0 Å². The third-order valence-corrected chi connectivity index (χ3v) is 3.42. The fourth-order valence-electron chi connectivity index (χ4n) is 2.54. The van der Waals surface area contributed by atoms with E-state index in [-0.39, 0.29) is 0 Å². The van der Waals surface area contributed by atoms with Gasteiger partial charge in [-0.25, -0.2) is 0 Å².